The molecule has 202 valence electrons. The van der Waals surface area contributed by atoms with Gasteiger partial charge in [-0.25, -0.2) is 24.0 Å². The van der Waals surface area contributed by atoms with E-state index >= 15 is 0 Å². The molecule has 0 bridgehead atoms. The second-order valence-electron chi connectivity index (χ2n) is 8.47. The first-order chi connectivity index (χ1) is 18.4. The number of methoxy groups -OCH3 is 1. The molecule has 1 saturated carbocycles. The molecular formula is C25H31ClFN9O2. The lowest BCUT2D eigenvalue weighted by molar-refractivity contribution is -0.109. The van der Waals surface area contributed by atoms with Gasteiger partial charge >= 0.3 is 0 Å². The van der Waals surface area contributed by atoms with Crippen LogP contribution in [0.2, 0.25) is 0 Å². The van der Waals surface area contributed by atoms with E-state index in [1.807, 2.05) is 19.9 Å². The minimum absolute atomic E-state index is 0.376. The van der Waals surface area contributed by atoms with Gasteiger partial charge in [0.2, 0.25) is 12.4 Å². The molecule has 1 amide bonds. The number of aromatic amines is 1. The Bertz CT molecular complexity index is 1290. The third kappa shape index (κ3) is 8.05. The van der Waals surface area contributed by atoms with Crippen LogP contribution >= 0.6 is 11.6 Å². The van der Waals surface area contributed by atoms with Crippen LogP contribution in [0, 0.1) is 19.7 Å². The number of nitrogens with one attached hydrogen (secondary N) is 3. The van der Waals surface area contributed by atoms with Gasteiger partial charge in [0.25, 0.3) is 0 Å². The molecule has 0 aliphatic heterocycles. The zero-order valence-corrected chi connectivity index (χ0v) is 22.4. The van der Waals surface area contributed by atoms with Crippen LogP contribution in [0.25, 0.3) is 5.82 Å². The van der Waals surface area contributed by atoms with Crippen molar-refractivity contribution in [1.29, 1.82) is 0 Å². The summed E-state index contributed by atoms with van der Waals surface area (Å²) < 4.78 is 19.4. The predicted molar refractivity (Wildman–Crippen MR) is 142 cm³/mol. The van der Waals surface area contributed by atoms with E-state index in [-0.39, 0.29) is 0 Å². The number of aromatic nitrogens is 7. The van der Waals surface area contributed by atoms with Gasteiger partial charge in [0.1, 0.15) is 0 Å². The van der Waals surface area contributed by atoms with Crippen LogP contribution < -0.4 is 10.6 Å². The predicted octanol–water partition coefficient (Wildman–Crippen LogP) is 3.96. The van der Waals surface area contributed by atoms with Gasteiger partial charge in [0.15, 0.2) is 17.5 Å². The van der Waals surface area contributed by atoms with Crippen molar-refractivity contribution in [1.82, 2.24) is 40.2 Å². The fourth-order valence-corrected chi connectivity index (χ4v) is 3.70. The Morgan fingerprint density at radius 3 is 2.58 bits per heavy atom. The van der Waals surface area contributed by atoms with Gasteiger partial charge in [-0.2, -0.15) is 10.2 Å². The van der Waals surface area contributed by atoms with Gasteiger partial charge in [0, 0.05) is 55.3 Å². The van der Waals surface area contributed by atoms with Crippen molar-refractivity contribution in [2.75, 3.05) is 18.8 Å². The van der Waals surface area contributed by atoms with E-state index < -0.39 is 5.82 Å². The highest BCUT2D eigenvalue weighted by Gasteiger charge is 2.31. The van der Waals surface area contributed by atoms with Gasteiger partial charge in [-0.05, 0) is 44.4 Å². The molecule has 4 heterocycles. The Balaban J connectivity index is 0.000000202. The number of anilines is 2. The molecule has 4 aromatic rings. The quantitative estimate of drug-likeness (QED) is 0.224. The maximum absolute atomic E-state index is 12.7. The third-order valence-corrected chi connectivity index (χ3v) is 5.65. The molecule has 13 heteroatoms. The maximum Gasteiger partial charge on any atom is 0.228 e. The standard InChI is InChI=1S/C14H19N5O.C10H9FN4O.CH3Cl/c1-8-4-12(10-6-11(7-10)20-3)16-14(15-8)17-13-5-9(2)18-19-13;11-9-5-14-15(6-9)10-2-1-8(4-13-10)3-12-7-16;1-2/h4-5,10-11H,6-7H2,1-3H3,(H2,15,16,17,18,19);1-2,4-7H,3H2,(H,12,16);1H3. The SMILES string of the molecule is CCl.COC1CC(c2cc(C)nc(Nc3cc(C)[nH]n3)n2)C1.O=CNCc1ccc(-n2cc(F)cn2)nc1. The van der Waals surface area contributed by atoms with Crippen molar-refractivity contribution >= 4 is 29.8 Å². The van der Waals surface area contributed by atoms with Gasteiger partial charge < -0.3 is 15.4 Å². The summed E-state index contributed by atoms with van der Waals surface area (Å²) in [6, 6.07) is 7.47. The largest absolute Gasteiger partial charge is 0.381 e. The van der Waals surface area contributed by atoms with E-state index in [1.165, 1.54) is 17.3 Å². The first kappa shape index (κ1) is 28.7. The molecule has 1 aliphatic carbocycles. The highest BCUT2D eigenvalue weighted by Crippen LogP contribution is 2.38. The molecule has 0 radical (unpaired) electrons. The number of hydrogen-bond acceptors (Lipinski definition) is 8. The number of halogens is 2. The van der Waals surface area contributed by atoms with Crippen molar-refractivity contribution in [3.8, 4) is 5.82 Å². The zero-order valence-electron chi connectivity index (χ0n) is 21.7. The maximum atomic E-state index is 12.7. The number of rotatable bonds is 8. The van der Waals surface area contributed by atoms with Crippen molar-refractivity contribution in [3.63, 3.8) is 0 Å². The van der Waals surface area contributed by atoms with E-state index in [0.717, 1.165) is 47.5 Å². The van der Waals surface area contributed by atoms with Crippen LogP contribution in [0.4, 0.5) is 16.2 Å². The number of amides is 1. The Labute approximate surface area is 225 Å². The van der Waals surface area contributed by atoms with Gasteiger partial charge in [-0.1, -0.05) is 6.07 Å². The lowest BCUT2D eigenvalue weighted by Gasteiger charge is -2.33. The van der Waals surface area contributed by atoms with Crippen molar-refractivity contribution in [2.45, 2.75) is 45.3 Å². The molecule has 0 atom stereocenters. The second kappa shape index (κ2) is 14.1. The topological polar surface area (TPSA) is 136 Å². The number of hydrogen-bond donors (Lipinski definition) is 3. The number of nitrogens with zero attached hydrogens (tertiary/aromatic N) is 6. The first-order valence-corrected chi connectivity index (χ1v) is 12.6. The molecule has 5 rings (SSSR count). The summed E-state index contributed by atoms with van der Waals surface area (Å²) in [4.78, 5) is 23.2. The monoisotopic (exact) mass is 543 g/mol. The zero-order chi connectivity index (χ0) is 27.5. The number of carbonyl (C=O) groups is 1. The summed E-state index contributed by atoms with van der Waals surface area (Å²) in [5.41, 5.74) is 3.91. The molecule has 1 aliphatic rings. The fourth-order valence-electron chi connectivity index (χ4n) is 3.70. The third-order valence-electron chi connectivity index (χ3n) is 5.65. The molecule has 0 aromatic carbocycles. The Hall–Kier alpha value is -3.90. The minimum atomic E-state index is -0.409. The van der Waals surface area contributed by atoms with E-state index in [1.54, 1.807) is 25.4 Å². The number of H-pyrrole nitrogens is 1. The smallest absolute Gasteiger partial charge is 0.228 e. The van der Waals surface area contributed by atoms with Crippen LogP contribution in [-0.4, -0.2) is 60.9 Å². The molecule has 3 N–H and O–H groups in total. The highest BCUT2D eigenvalue weighted by molar-refractivity contribution is 6.15. The number of ether oxygens (including phenoxy) is 1. The van der Waals surface area contributed by atoms with Crippen LogP contribution in [0.15, 0.2) is 42.9 Å². The van der Waals surface area contributed by atoms with Gasteiger partial charge in [-0.15, -0.1) is 11.6 Å². The second-order valence-corrected chi connectivity index (χ2v) is 8.47. The summed E-state index contributed by atoms with van der Waals surface area (Å²) in [5, 5.41) is 16.5. The van der Waals surface area contributed by atoms with Gasteiger partial charge in [0.05, 0.1) is 18.5 Å². The molecular weight excluding hydrogens is 513 g/mol. The van der Waals surface area contributed by atoms with Crippen molar-refractivity contribution < 1.29 is 13.9 Å². The van der Waals surface area contributed by atoms with Crippen molar-refractivity contribution in [3.05, 3.63) is 71.3 Å². The summed E-state index contributed by atoms with van der Waals surface area (Å²) in [6.07, 6.45) is 8.50. The van der Waals surface area contributed by atoms with Crippen LogP contribution in [-0.2, 0) is 16.1 Å². The lowest BCUT2D eigenvalue weighted by Crippen LogP contribution is -2.29. The first-order valence-electron chi connectivity index (χ1n) is 11.8. The van der Waals surface area contributed by atoms with Crippen LogP contribution in [0.3, 0.4) is 0 Å². The minimum Gasteiger partial charge on any atom is -0.381 e. The Morgan fingerprint density at radius 2 is 2.00 bits per heavy atom. The number of pyridine rings is 1. The van der Waals surface area contributed by atoms with E-state index in [0.29, 0.717) is 36.7 Å². The summed E-state index contributed by atoms with van der Waals surface area (Å²) >= 11 is 4.64. The normalized spacial score (nSPS) is 15.7. The van der Waals surface area contributed by atoms with Crippen LogP contribution in [0.1, 0.15) is 41.4 Å². The van der Waals surface area contributed by atoms with Crippen molar-refractivity contribution in [2.24, 2.45) is 0 Å². The van der Waals surface area contributed by atoms with E-state index in [2.05, 4.69) is 58.5 Å². The lowest BCUT2D eigenvalue weighted by atomic mass is 9.80. The Morgan fingerprint density at radius 1 is 1.21 bits per heavy atom. The molecule has 0 saturated heterocycles. The van der Waals surface area contributed by atoms with Crippen LogP contribution in [0.5, 0.6) is 0 Å². The fraction of sp³-hybridized carbons (Fsp3) is 0.360. The highest BCUT2D eigenvalue weighted by atomic mass is 35.5. The number of aryl methyl sites for hydroxylation is 2. The molecule has 11 nitrogen and oxygen atoms in total. The summed E-state index contributed by atoms with van der Waals surface area (Å²) in [6.45, 7) is 4.36. The van der Waals surface area contributed by atoms with E-state index in [9.17, 15) is 9.18 Å². The average Bonchev–Trinajstić information content (AvgIpc) is 3.51. The molecule has 0 spiro atoms. The Kier molecular flexibility index (Phi) is 10.7. The van der Waals surface area contributed by atoms with E-state index in [4.69, 9.17) is 4.74 Å². The average molecular weight is 544 g/mol. The summed E-state index contributed by atoms with van der Waals surface area (Å²) in [5.74, 6) is 1.94. The number of alkyl halides is 1. The summed E-state index contributed by atoms with van der Waals surface area (Å²) in [7, 11) is 1.76. The molecule has 4 aromatic heterocycles. The molecule has 1 fully saturated rings. The van der Waals surface area contributed by atoms with Gasteiger partial charge in [-0.3, -0.25) is 9.89 Å². The molecule has 0 unspecified atom stereocenters. The number of carbonyl (C=O) groups excluding carboxylic acids is 1. The molecule has 38 heavy (non-hydrogen) atoms.